The second-order valence-corrected chi connectivity index (χ2v) is 7.01. The number of hydrogen-bond donors (Lipinski definition) is 2. The van der Waals surface area contributed by atoms with Crippen LogP contribution in [0.5, 0.6) is 0 Å². The molecular weight excluding hydrogens is 442 g/mol. The molecule has 1 saturated heterocycles. The van der Waals surface area contributed by atoms with E-state index in [-0.39, 0.29) is 19.2 Å². The molecule has 0 saturated carbocycles. The summed E-state index contributed by atoms with van der Waals surface area (Å²) >= 11 is 0. The lowest BCUT2D eigenvalue weighted by Gasteiger charge is -2.35. The molecular formula is C19H20F6N6O. The van der Waals surface area contributed by atoms with Gasteiger partial charge in [-0.1, -0.05) is 0 Å². The number of hydrogen-bond acceptors (Lipinski definition) is 5. The monoisotopic (exact) mass is 462 g/mol. The van der Waals surface area contributed by atoms with Crippen molar-refractivity contribution in [2.24, 2.45) is 0 Å². The highest BCUT2D eigenvalue weighted by Gasteiger charge is 2.37. The van der Waals surface area contributed by atoms with Crippen LogP contribution < -0.4 is 15.5 Å². The first-order valence-corrected chi connectivity index (χ1v) is 9.65. The largest absolute Gasteiger partial charge is 0.416 e. The van der Waals surface area contributed by atoms with Gasteiger partial charge in [-0.05, 0) is 37.3 Å². The maximum Gasteiger partial charge on any atom is 0.416 e. The van der Waals surface area contributed by atoms with E-state index in [9.17, 15) is 31.1 Å². The number of piperazine rings is 1. The minimum Gasteiger partial charge on any atom is -0.369 e. The van der Waals surface area contributed by atoms with E-state index in [0.717, 1.165) is 0 Å². The Hall–Kier alpha value is -3.25. The Morgan fingerprint density at radius 3 is 2.00 bits per heavy atom. The summed E-state index contributed by atoms with van der Waals surface area (Å²) in [5.41, 5.74) is -3.57. The van der Waals surface area contributed by atoms with Gasteiger partial charge in [-0.15, -0.1) is 10.2 Å². The van der Waals surface area contributed by atoms with Crippen molar-refractivity contribution in [2.75, 3.05) is 48.3 Å². The van der Waals surface area contributed by atoms with Crippen LogP contribution in [0.15, 0.2) is 30.3 Å². The number of nitrogens with zero attached hydrogens (tertiary/aromatic N) is 4. The predicted molar refractivity (Wildman–Crippen MR) is 105 cm³/mol. The predicted octanol–water partition coefficient (Wildman–Crippen LogP) is 4.30. The van der Waals surface area contributed by atoms with E-state index < -0.39 is 35.2 Å². The molecule has 2 N–H and O–H groups in total. The molecule has 1 aliphatic rings. The minimum atomic E-state index is -4.99. The number of rotatable bonds is 4. The maximum atomic E-state index is 13.0. The zero-order chi connectivity index (χ0) is 23.5. The van der Waals surface area contributed by atoms with Crippen molar-refractivity contribution in [1.29, 1.82) is 0 Å². The van der Waals surface area contributed by atoms with Gasteiger partial charge >= 0.3 is 18.4 Å². The summed E-state index contributed by atoms with van der Waals surface area (Å²) in [4.78, 5) is 15.6. The molecule has 0 radical (unpaired) electrons. The summed E-state index contributed by atoms with van der Waals surface area (Å²) in [5, 5.41) is 13.3. The van der Waals surface area contributed by atoms with Crippen molar-refractivity contribution in [3.63, 3.8) is 0 Å². The molecule has 2 heterocycles. The third-order valence-electron chi connectivity index (χ3n) is 4.74. The molecule has 2 amide bonds. The lowest BCUT2D eigenvalue weighted by Crippen LogP contribution is -2.50. The molecule has 2 aromatic rings. The molecule has 0 spiro atoms. The van der Waals surface area contributed by atoms with Crippen molar-refractivity contribution in [1.82, 2.24) is 15.1 Å². The first kappa shape index (κ1) is 23.4. The summed E-state index contributed by atoms with van der Waals surface area (Å²) in [6.07, 6.45) is -9.98. The van der Waals surface area contributed by atoms with Crippen LogP contribution in [0.25, 0.3) is 0 Å². The van der Waals surface area contributed by atoms with Gasteiger partial charge in [-0.2, -0.15) is 26.3 Å². The number of nitrogens with one attached hydrogen (secondary N) is 2. The maximum absolute atomic E-state index is 13.0. The lowest BCUT2D eigenvalue weighted by molar-refractivity contribution is -0.143. The second-order valence-electron chi connectivity index (χ2n) is 7.01. The molecule has 13 heteroatoms. The first-order chi connectivity index (χ1) is 15.0. The molecule has 1 aliphatic heterocycles. The zero-order valence-corrected chi connectivity index (χ0v) is 16.9. The smallest absolute Gasteiger partial charge is 0.369 e. The first-order valence-electron chi connectivity index (χ1n) is 9.65. The third-order valence-corrected chi connectivity index (χ3v) is 4.74. The van der Waals surface area contributed by atoms with E-state index in [1.54, 1.807) is 12.1 Å². The summed E-state index contributed by atoms with van der Waals surface area (Å²) in [6, 6.07) is 3.70. The SMILES string of the molecule is CCNc1ccc(N2CCN(C(=O)Nc3cc(C(F)(F)F)cc(C(F)(F)F)c3)CC2)nn1. The van der Waals surface area contributed by atoms with Crippen molar-refractivity contribution >= 4 is 23.4 Å². The van der Waals surface area contributed by atoms with Crippen LogP contribution in [0.3, 0.4) is 0 Å². The standard InChI is InChI=1S/C19H20F6N6O/c1-2-26-15-3-4-16(29-28-15)30-5-7-31(8-6-30)17(32)27-14-10-12(18(20,21)22)9-13(11-14)19(23,24)25/h3-4,9-11H,2,5-8H2,1H3,(H,26,28)(H,27,32). The molecule has 0 unspecified atom stereocenters. The number of anilines is 3. The van der Waals surface area contributed by atoms with E-state index in [0.29, 0.717) is 43.4 Å². The van der Waals surface area contributed by atoms with Gasteiger partial charge in [-0.25, -0.2) is 4.79 Å². The Morgan fingerprint density at radius 1 is 0.938 bits per heavy atom. The fraction of sp³-hybridized carbons (Fsp3) is 0.421. The number of alkyl halides is 6. The number of urea groups is 1. The van der Waals surface area contributed by atoms with Gasteiger partial charge in [0, 0.05) is 38.4 Å². The zero-order valence-electron chi connectivity index (χ0n) is 16.9. The number of benzene rings is 1. The normalized spacial score (nSPS) is 15.0. The van der Waals surface area contributed by atoms with Crippen LogP contribution in [0.1, 0.15) is 18.1 Å². The van der Waals surface area contributed by atoms with Crippen molar-refractivity contribution < 1.29 is 31.1 Å². The van der Waals surface area contributed by atoms with E-state index in [1.807, 2.05) is 11.8 Å². The lowest BCUT2D eigenvalue weighted by atomic mass is 10.1. The molecule has 174 valence electrons. The average molecular weight is 462 g/mol. The third kappa shape index (κ3) is 5.71. The van der Waals surface area contributed by atoms with Crippen LogP contribution in [-0.4, -0.2) is 53.9 Å². The summed E-state index contributed by atoms with van der Waals surface area (Å²) < 4.78 is 77.9. The molecule has 0 aliphatic carbocycles. The van der Waals surface area contributed by atoms with Crippen LogP contribution in [0, 0.1) is 0 Å². The van der Waals surface area contributed by atoms with E-state index in [4.69, 9.17) is 0 Å². The van der Waals surface area contributed by atoms with Gasteiger partial charge in [0.25, 0.3) is 0 Å². The minimum absolute atomic E-state index is 0.0107. The van der Waals surface area contributed by atoms with E-state index in [1.165, 1.54) is 4.90 Å². The molecule has 32 heavy (non-hydrogen) atoms. The van der Waals surface area contributed by atoms with Gasteiger partial charge in [-0.3, -0.25) is 0 Å². The number of aromatic nitrogens is 2. The van der Waals surface area contributed by atoms with Gasteiger partial charge in [0.1, 0.15) is 5.82 Å². The van der Waals surface area contributed by atoms with Crippen molar-refractivity contribution in [3.05, 3.63) is 41.5 Å². The molecule has 7 nitrogen and oxygen atoms in total. The number of carbonyl (C=O) groups is 1. The Balaban J connectivity index is 1.66. The number of carbonyl (C=O) groups excluding carboxylic acids is 1. The van der Waals surface area contributed by atoms with Crippen LogP contribution >= 0.6 is 0 Å². The highest BCUT2D eigenvalue weighted by atomic mass is 19.4. The fourth-order valence-corrected chi connectivity index (χ4v) is 3.14. The Kier molecular flexibility index (Phi) is 6.65. The molecule has 1 fully saturated rings. The van der Waals surface area contributed by atoms with Gasteiger partial charge in [0.15, 0.2) is 5.82 Å². The van der Waals surface area contributed by atoms with Gasteiger partial charge < -0.3 is 20.4 Å². The topological polar surface area (TPSA) is 73.4 Å². The summed E-state index contributed by atoms with van der Waals surface area (Å²) in [5.74, 6) is 1.22. The van der Waals surface area contributed by atoms with E-state index >= 15 is 0 Å². The number of halogens is 6. The quantitative estimate of drug-likeness (QED) is 0.663. The highest BCUT2D eigenvalue weighted by Crippen LogP contribution is 2.37. The Morgan fingerprint density at radius 2 is 1.53 bits per heavy atom. The van der Waals surface area contributed by atoms with Gasteiger partial charge in [0.05, 0.1) is 11.1 Å². The second kappa shape index (κ2) is 9.09. The number of amides is 2. The van der Waals surface area contributed by atoms with E-state index in [2.05, 4.69) is 20.8 Å². The van der Waals surface area contributed by atoms with Crippen molar-refractivity contribution in [3.8, 4) is 0 Å². The van der Waals surface area contributed by atoms with Crippen molar-refractivity contribution in [2.45, 2.75) is 19.3 Å². The fourth-order valence-electron chi connectivity index (χ4n) is 3.14. The summed E-state index contributed by atoms with van der Waals surface area (Å²) in [7, 11) is 0. The van der Waals surface area contributed by atoms with Crippen LogP contribution in [0.2, 0.25) is 0 Å². The molecule has 1 aromatic heterocycles. The Bertz CT molecular complexity index is 907. The molecule has 3 rings (SSSR count). The molecule has 0 bridgehead atoms. The Labute approximate surface area is 179 Å². The summed E-state index contributed by atoms with van der Waals surface area (Å²) in [6.45, 7) is 3.76. The van der Waals surface area contributed by atoms with Gasteiger partial charge in [0.2, 0.25) is 0 Å². The highest BCUT2D eigenvalue weighted by molar-refractivity contribution is 5.89. The molecule has 1 aromatic carbocycles. The average Bonchev–Trinajstić information content (AvgIpc) is 2.73. The van der Waals surface area contributed by atoms with Crippen LogP contribution in [0.4, 0.5) is 48.5 Å². The van der Waals surface area contributed by atoms with Crippen LogP contribution in [-0.2, 0) is 12.4 Å². The molecule has 0 atom stereocenters.